The molecule has 0 amide bonds. The van der Waals surface area contributed by atoms with Gasteiger partial charge in [0.2, 0.25) is 0 Å². The second-order valence-corrected chi connectivity index (χ2v) is 5.55. The first-order valence-electron chi connectivity index (χ1n) is 4.17. The maximum Gasteiger partial charge on any atom is 0.0614 e. The highest BCUT2D eigenvalue weighted by Crippen LogP contribution is 2.32. The Morgan fingerprint density at radius 1 is 1.64 bits per heavy atom. The van der Waals surface area contributed by atoms with Crippen LogP contribution >= 0.6 is 0 Å². The Kier molecular flexibility index (Phi) is 2.53. The van der Waals surface area contributed by atoms with E-state index in [-0.39, 0.29) is 4.75 Å². The largest absolute Gasteiger partial charge is 0.258 e. The molecule has 11 heavy (non-hydrogen) atoms. The molecule has 0 saturated carbocycles. The summed E-state index contributed by atoms with van der Waals surface area (Å²) in [6.07, 6.45) is 4.42. The zero-order valence-electron chi connectivity index (χ0n) is 7.52. The van der Waals surface area contributed by atoms with Crippen LogP contribution in [0.25, 0.3) is 0 Å². The zero-order valence-corrected chi connectivity index (χ0v) is 8.33. The fourth-order valence-electron chi connectivity index (χ4n) is 1.45. The smallest absolute Gasteiger partial charge is 0.0614 e. The van der Waals surface area contributed by atoms with Gasteiger partial charge in [0.25, 0.3) is 0 Å². The number of hydrogen-bond acceptors (Lipinski definition) is 1. The van der Waals surface area contributed by atoms with Gasteiger partial charge in [0.05, 0.1) is 4.75 Å². The van der Waals surface area contributed by atoms with Crippen LogP contribution in [0.3, 0.4) is 0 Å². The molecule has 0 saturated heterocycles. The molecule has 1 aliphatic rings. The molecule has 0 N–H and O–H groups in total. The summed E-state index contributed by atoms with van der Waals surface area (Å²) in [6.45, 7) is 6.33. The lowest BCUT2D eigenvalue weighted by atomic mass is 9.98. The van der Waals surface area contributed by atoms with Gasteiger partial charge in [-0.3, -0.25) is 4.21 Å². The molecule has 64 valence electrons. The van der Waals surface area contributed by atoms with Crippen molar-refractivity contribution in [2.75, 3.05) is 5.75 Å². The molecular weight excluding hydrogens is 156 g/mol. The number of rotatable bonds is 2. The van der Waals surface area contributed by atoms with Crippen LogP contribution in [0.2, 0.25) is 0 Å². The van der Waals surface area contributed by atoms with Crippen molar-refractivity contribution >= 4 is 10.8 Å². The minimum atomic E-state index is -0.657. The van der Waals surface area contributed by atoms with Crippen molar-refractivity contribution in [1.82, 2.24) is 0 Å². The second-order valence-electron chi connectivity index (χ2n) is 3.50. The molecule has 0 spiro atoms. The summed E-state index contributed by atoms with van der Waals surface area (Å²) in [5.41, 5.74) is 1.39. The monoisotopic (exact) mass is 172 g/mol. The predicted molar refractivity (Wildman–Crippen MR) is 50.1 cm³/mol. The molecule has 1 heterocycles. The first kappa shape index (κ1) is 8.98. The van der Waals surface area contributed by atoms with E-state index in [1.54, 1.807) is 0 Å². The minimum Gasteiger partial charge on any atom is -0.258 e. The summed E-state index contributed by atoms with van der Waals surface area (Å²) >= 11 is 0. The SMILES string of the molecule is CCCC1=CCS(=O)C1(C)C. The van der Waals surface area contributed by atoms with Crippen molar-refractivity contribution in [2.45, 2.75) is 38.4 Å². The molecule has 1 rings (SSSR count). The first-order chi connectivity index (χ1) is 5.09. The molecule has 0 fully saturated rings. The lowest BCUT2D eigenvalue weighted by Crippen LogP contribution is -2.25. The van der Waals surface area contributed by atoms with Gasteiger partial charge in [-0.05, 0) is 20.3 Å². The van der Waals surface area contributed by atoms with Crippen LogP contribution in [0.15, 0.2) is 11.6 Å². The van der Waals surface area contributed by atoms with Crippen molar-refractivity contribution < 1.29 is 4.21 Å². The van der Waals surface area contributed by atoms with Gasteiger partial charge in [0.1, 0.15) is 0 Å². The van der Waals surface area contributed by atoms with E-state index in [4.69, 9.17) is 0 Å². The topological polar surface area (TPSA) is 17.1 Å². The predicted octanol–water partition coefficient (Wildman–Crippen LogP) is 2.25. The highest BCUT2D eigenvalue weighted by Gasteiger charge is 2.33. The molecule has 1 unspecified atom stereocenters. The quantitative estimate of drug-likeness (QED) is 0.584. The Hall–Kier alpha value is -0.110. The summed E-state index contributed by atoms with van der Waals surface area (Å²) in [5, 5.41) is 0. The molecule has 1 aliphatic heterocycles. The third kappa shape index (κ3) is 1.56. The molecule has 1 nitrogen and oxygen atoms in total. The first-order valence-corrected chi connectivity index (χ1v) is 5.49. The molecule has 0 aliphatic carbocycles. The van der Waals surface area contributed by atoms with Crippen LogP contribution in [-0.2, 0) is 10.8 Å². The van der Waals surface area contributed by atoms with Crippen LogP contribution in [-0.4, -0.2) is 14.7 Å². The molecular formula is C9H16OS. The maximum atomic E-state index is 11.4. The van der Waals surface area contributed by atoms with E-state index in [2.05, 4.69) is 26.8 Å². The molecule has 0 aromatic heterocycles. The highest BCUT2D eigenvalue weighted by molar-refractivity contribution is 7.87. The van der Waals surface area contributed by atoms with Gasteiger partial charge in [-0.25, -0.2) is 0 Å². The standard InChI is InChI=1S/C9H16OS/c1-4-5-8-6-7-11(10)9(8,2)3/h6H,4-5,7H2,1-3H3. The molecule has 0 radical (unpaired) electrons. The summed E-state index contributed by atoms with van der Waals surface area (Å²) in [7, 11) is -0.657. The third-order valence-electron chi connectivity index (χ3n) is 2.34. The van der Waals surface area contributed by atoms with Gasteiger partial charge in [-0.1, -0.05) is 25.0 Å². The summed E-state index contributed by atoms with van der Waals surface area (Å²) < 4.78 is 11.4. The Morgan fingerprint density at radius 2 is 2.27 bits per heavy atom. The van der Waals surface area contributed by atoms with E-state index in [1.165, 1.54) is 5.57 Å². The fraction of sp³-hybridized carbons (Fsp3) is 0.778. The van der Waals surface area contributed by atoms with Gasteiger partial charge in [-0.15, -0.1) is 0 Å². The van der Waals surface area contributed by atoms with E-state index >= 15 is 0 Å². The number of hydrogen-bond donors (Lipinski definition) is 0. The normalized spacial score (nSPS) is 28.6. The average Bonchev–Trinajstić information content (AvgIpc) is 2.16. The molecule has 0 aromatic rings. The van der Waals surface area contributed by atoms with E-state index in [0.29, 0.717) is 0 Å². The van der Waals surface area contributed by atoms with E-state index in [1.807, 2.05) is 0 Å². The van der Waals surface area contributed by atoms with Crippen molar-refractivity contribution in [3.8, 4) is 0 Å². The summed E-state index contributed by atoms with van der Waals surface area (Å²) in [6, 6.07) is 0. The van der Waals surface area contributed by atoms with Crippen LogP contribution in [0.4, 0.5) is 0 Å². The van der Waals surface area contributed by atoms with Crippen molar-refractivity contribution in [1.29, 1.82) is 0 Å². The van der Waals surface area contributed by atoms with Crippen LogP contribution in [0, 0.1) is 0 Å². The average molecular weight is 172 g/mol. The Labute approximate surface area is 71.3 Å². The van der Waals surface area contributed by atoms with Gasteiger partial charge >= 0.3 is 0 Å². The lowest BCUT2D eigenvalue weighted by molar-refractivity contribution is 0.655. The van der Waals surface area contributed by atoms with Gasteiger partial charge in [0.15, 0.2) is 0 Å². The van der Waals surface area contributed by atoms with Crippen molar-refractivity contribution in [3.05, 3.63) is 11.6 Å². The van der Waals surface area contributed by atoms with Crippen LogP contribution in [0.1, 0.15) is 33.6 Å². The van der Waals surface area contributed by atoms with Gasteiger partial charge in [-0.2, -0.15) is 0 Å². The minimum absolute atomic E-state index is 0.0456. The van der Waals surface area contributed by atoms with Gasteiger partial charge in [0, 0.05) is 16.6 Å². The molecule has 2 heteroatoms. The highest BCUT2D eigenvalue weighted by atomic mass is 32.2. The molecule has 1 atom stereocenters. The van der Waals surface area contributed by atoms with Crippen LogP contribution in [0.5, 0.6) is 0 Å². The summed E-state index contributed by atoms with van der Waals surface area (Å²) in [4.78, 5) is 0. The second kappa shape index (κ2) is 3.10. The zero-order chi connectivity index (χ0) is 8.48. The maximum absolute atomic E-state index is 11.4. The Bertz CT molecular complexity index is 204. The van der Waals surface area contributed by atoms with E-state index < -0.39 is 10.8 Å². The molecule has 0 bridgehead atoms. The van der Waals surface area contributed by atoms with Crippen molar-refractivity contribution in [3.63, 3.8) is 0 Å². The van der Waals surface area contributed by atoms with E-state index in [9.17, 15) is 4.21 Å². The third-order valence-corrected chi connectivity index (χ3v) is 4.21. The summed E-state index contributed by atoms with van der Waals surface area (Å²) in [5.74, 6) is 0.766. The van der Waals surface area contributed by atoms with Crippen LogP contribution < -0.4 is 0 Å². The van der Waals surface area contributed by atoms with Crippen molar-refractivity contribution in [2.24, 2.45) is 0 Å². The lowest BCUT2D eigenvalue weighted by Gasteiger charge is -2.20. The fourth-order valence-corrected chi connectivity index (χ4v) is 2.70. The molecule has 0 aromatic carbocycles. The Morgan fingerprint density at radius 3 is 2.64 bits per heavy atom. The van der Waals surface area contributed by atoms with Gasteiger partial charge < -0.3 is 0 Å². The van der Waals surface area contributed by atoms with E-state index in [0.717, 1.165) is 18.6 Å². The Balaban J connectivity index is 2.75.